The van der Waals surface area contributed by atoms with E-state index in [1.54, 1.807) is 37.4 Å². The minimum absolute atomic E-state index is 0.0421. The molecule has 2 aromatic carbocycles. The van der Waals surface area contributed by atoms with E-state index in [1.165, 1.54) is 14.2 Å². The molecule has 168 valence electrons. The van der Waals surface area contributed by atoms with E-state index in [1.807, 2.05) is 24.4 Å². The van der Waals surface area contributed by atoms with E-state index < -0.39 is 0 Å². The van der Waals surface area contributed by atoms with Gasteiger partial charge >= 0.3 is 0 Å². The van der Waals surface area contributed by atoms with Gasteiger partial charge in [-0.1, -0.05) is 12.1 Å². The second kappa shape index (κ2) is 9.65. The summed E-state index contributed by atoms with van der Waals surface area (Å²) in [4.78, 5) is 34.4. The predicted octanol–water partition coefficient (Wildman–Crippen LogP) is 4.88. The van der Waals surface area contributed by atoms with Crippen molar-refractivity contribution in [3.63, 3.8) is 0 Å². The topological polar surface area (TPSA) is 87.1 Å². The third-order valence-corrected chi connectivity index (χ3v) is 5.55. The van der Waals surface area contributed by atoms with Crippen LogP contribution in [-0.4, -0.2) is 44.1 Å². The van der Waals surface area contributed by atoms with Gasteiger partial charge in [0.2, 0.25) is 0 Å². The summed E-state index contributed by atoms with van der Waals surface area (Å²) in [6.45, 7) is 0. The zero-order chi connectivity index (χ0) is 23.4. The summed E-state index contributed by atoms with van der Waals surface area (Å²) in [5.41, 5.74) is 4.19. The summed E-state index contributed by atoms with van der Waals surface area (Å²) in [6, 6.07) is 14.2. The van der Waals surface area contributed by atoms with Crippen molar-refractivity contribution in [2.24, 2.45) is 4.99 Å². The molecule has 0 fully saturated rings. The Kier molecular flexibility index (Phi) is 6.49. The molecule has 0 bridgehead atoms. The number of fused-ring (bicyclic) bond motifs is 1. The Morgan fingerprint density at radius 2 is 1.55 bits per heavy atom. The highest BCUT2D eigenvalue weighted by Crippen LogP contribution is 2.34. The fraction of sp³-hybridized carbons (Fsp3) is 0.231. The minimum atomic E-state index is -0.216. The van der Waals surface area contributed by atoms with Crippen LogP contribution in [0.3, 0.4) is 0 Å². The van der Waals surface area contributed by atoms with Gasteiger partial charge in [0.05, 0.1) is 27.0 Å². The zero-order valence-electron chi connectivity index (χ0n) is 18.8. The normalized spacial score (nSPS) is 11.7. The van der Waals surface area contributed by atoms with E-state index in [0.717, 1.165) is 23.2 Å². The zero-order valence-corrected chi connectivity index (χ0v) is 18.8. The maximum atomic E-state index is 12.9. The van der Waals surface area contributed by atoms with Gasteiger partial charge in [-0.15, -0.1) is 0 Å². The van der Waals surface area contributed by atoms with Crippen molar-refractivity contribution in [3.8, 4) is 28.5 Å². The number of methoxy groups -OCH3 is 3. The smallest absolute Gasteiger partial charge is 0.181 e. The fourth-order valence-corrected chi connectivity index (χ4v) is 3.73. The first kappa shape index (κ1) is 22.2. The van der Waals surface area contributed by atoms with Crippen molar-refractivity contribution in [2.45, 2.75) is 19.3 Å². The van der Waals surface area contributed by atoms with Crippen molar-refractivity contribution >= 4 is 23.5 Å². The van der Waals surface area contributed by atoms with Gasteiger partial charge in [0, 0.05) is 36.6 Å². The molecule has 7 nitrogen and oxygen atoms in total. The third-order valence-electron chi connectivity index (χ3n) is 5.55. The average Bonchev–Trinajstić information content (AvgIpc) is 3.34. The molecule has 1 aliphatic heterocycles. The molecule has 0 atom stereocenters. The predicted molar refractivity (Wildman–Crippen MR) is 126 cm³/mol. The molecule has 7 heteroatoms. The highest BCUT2D eigenvalue weighted by molar-refractivity contribution is 6.02. The quantitative estimate of drug-likeness (QED) is 0.437. The van der Waals surface area contributed by atoms with Crippen molar-refractivity contribution < 1.29 is 23.8 Å². The molecule has 0 N–H and O–H groups in total. The van der Waals surface area contributed by atoms with Crippen LogP contribution in [0.1, 0.15) is 39.3 Å². The lowest BCUT2D eigenvalue weighted by molar-refractivity contribution is 0.0915. The van der Waals surface area contributed by atoms with Crippen LogP contribution in [0.4, 0.5) is 5.69 Å². The number of rotatable bonds is 9. The van der Waals surface area contributed by atoms with Crippen LogP contribution in [0, 0.1) is 0 Å². The monoisotopic (exact) mass is 444 g/mol. The molecule has 0 amide bonds. The molecular weight excluding hydrogens is 420 g/mol. The van der Waals surface area contributed by atoms with Gasteiger partial charge < -0.3 is 14.2 Å². The Morgan fingerprint density at radius 3 is 2.30 bits per heavy atom. The summed E-state index contributed by atoms with van der Waals surface area (Å²) in [7, 11) is 4.61. The van der Waals surface area contributed by atoms with Crippen LogP contribution >= 0.6 is 0 Å². The highest BCUT2D eigenvalue weighted by Gasteiger charge is 2.18. The van der Waals surface area contributed by atoms with Gasteiger partial charge in [0.1, 0.15) is 17.1 Å². The van der Waals surface area contributed by atoms with E-state index in [2.05, 4.69) is 9.98 Å². The first-order valence-corrected chi connectivity index (χ1v) is 10.5. The summed E-state index contributed by atoms with van der Waals surface area (Å²) in [6.07, 6.45) is 2.78. The van der Waals surface area contributed by atoms with Gasteiger partial charge in [-0.3, -0.25) is 14.6 Å². The minimum Gasteiger partial charge on any atom is -0.494 e. The van der Waals surface area contributed by atoms with Crippen LogP contribution in [-0.2, 0) is 6.42 Å². The number of hydrogen-bond donors (Lipinski definition) is 0. The Bertz CT molecular complexity index is 1250. The maximum absolute atomic E-state index is 12.9. The van der Waals surface area contributed by atoms with E-state index >= 15 is 0 Å². The number of pyridine rings is 1. The molecule has 33 heavy (non-hydrogen) atoms. The second-order valence-electron chi connectivity index (χ2n) is 7.52. The number of aliphatic imine (C=N–C) groups is 1. The lowest BCUT2D eigenvalue weighted by atomic mass is 10.0. The number of Topliss-reactive ketones (excluding diaryl/α,β-unsaturated/α-hetero) is 2. The molecule has 0 spiro atoms. The van der Waals surface area contributed by atoms with Crippen molar-refractivity contribution in [1.82, 2.24) is 4.98 Å². The molecule has 1 aliphatic rings. The Hall–Kier alpha value is -4.00. The molecule has 0 radical (unpaired) electrons. The van der Waals surface area contributed by atoms with Gasteiger partial charge in [0.15, 0.2) is 23.1 Å². The molecule has 2 heterocycles. The number of benzene rings is 2. The molecule has 0 saturated heterocycles. The van der Waals surface area contributed by atoms with Gasteiger partial charge in [-0.25, -0.2) is 4.98 Å². The Labute approximate surface area is 192 Å². The Morgan fingerprint density at radius 1 is 0.818 bits per heavy atom. The summed E-state index contributed by atoms with van der Waals surface area (Å²) >= 11 is 0. The molecule has 0 aliphatic carbocycles. The number of ketones is 2. The number of aromatic nitrogens is 1. The number of nitrogens with zero attached hydrogens (tertiary/aromatic N) is 2. The van der Waals surface area contributed by atoms with Crippen molar-refractivity contribution in [2.75, 3.05) is 21.3 Å². The van der Waals surface area contributed by atoms with Gasteiger partial charge in [-0.05, 0) is 42.0 Å². The maximum Gasteiger partial charge on any atom is 0.181 e. The van der Waals surface area contributed by atoms with Crippen LogP contribution in [0.15, 0.2) is 53.5 Å². The summed E-state index contributed by atoms with van der Waals surface area (Å²) in [5.74, 6) is 1.20. The van der Waals surface area contributed by atoms with E-state index in [0.29, 0.717) is 28.5 Å². The summed E-state index contributed by atoms with van der Waals surface area (Å²) < 4.78 is 15.9. The highest BCUT2D eigenvalue weighted by atomic mass is 16.5. The molecule has 0 unspecified atom stereocenters. The summed E-state index contributed by atoms with van der Waals surface area (Å²) in [5, 5.41) is 0. The first-order chi connectivity index (χ1) is 16.0. The number of carbonyl (C=O) groups excluding carboxylic acids is 2. The standard InChI is InChI=1S/C26H24N2O5/c1-31-23-10-6-17(15-25(23)33-3)21(29)8-9-22(30)19-7-11-24(32-2)26(28-19)18-5-4-16-12-13-27-20(16)14-18/h4-7,10-11,13-15H,8-9,12H2,1-3H3. The first-order valence-electron chi connectivity index (χ1n) is 10.5. The molecular formula is C26H24N2O5. The van der Waals surface area contributed by atoms with Gasteiger partial charge in [0.25, 0.3) is 0 Å². The number of ether oxygens (including phenoxy) is 3. The average molecular weight is 444 g/mol. The van der Waals surface area contributed by atoms with Crippen LogP contribution < -0.4 is 14.2 Å². The largest absolute Gasteiger partial charge is 0.494 e. The van der Waals surface area contributed by atoms with Crippen molar-refractivity contribution in [1.29, 1.82) is 0 Å². The van der Waals surface area contributed by atoms with E-state index in [4.69, 9.17) is 14.2 Å². The molecule has 3 aromatic rings. The fourth-order valence-electron chi connectivity index (χ4n) is 3.73. The van der Waals surface area contributed by atoms with Crippen LogP contribution in [0.2, 0.25) is 0 Å². The van der Waals surface area contributed by atoms with Crippen LogP contribution in [0.25, 0.3) is 11.3 Å². The lowest BCUT2D eigenvalue weighted by Gasteiger charge is -2.11. The lowest BCUT2D eigenvalue weighted by Crippen LogP contribution is -2.08. The van der Waals surface area contributed by atoms with Crippen LogP contribution in [0.5, 0.6) is 17.2 Å². The molecule has 4 rings (SSSR count). The van der Waals surface area contributed by atoms with Crippen molar-refractivity contribution in [3.05, 3.63) is 65.4 Å². The Balaban J connectivity index is 1.51. The third kappa shape index (κ3) is 4.62. The molecule has 1 aromatic heterocycles. The number of carbonyl (C=O) groups is 2. The molecule has 0 saturated carbocycles. The van der Waals surface area contributed by atoms with Gasteiger partial charge in [-0.2, -0.15) is 0 Å². The second-order valence-corrected chi connectivity index (χ2v) is 7.52. The number of hydrogen-bond acceptors (Lipinski definition) is 7. The van der Waals surface area contributed by atoms with E-state index in [-0.39, 0.29) is 30.1 Å². The van der Waals surface area contributed by atoms with E-state index in [9.17, 15) is 9.59 Å². The SMILES string of the molecule is COc1ccc(C(=O)CCC(=O)c2ccc(OC)c(-c3ccc4c(c3)N=CC4)n2)cc1OC.